The zero-order valence-corrected chi connectivity index (χ0v) is 12.1. The zero-order chi connectivity index (χ0) is 14.6. The molecule has 0 aromatic heterocycles. The Balaban J connectivity index is 2.45. The standard InChI is InChI=1S/C19H22O/c1-4-5-13-19(15-14-17(2)3)20-16-9-12-18-10-7-6-8-11-18/h4,6-12,19H,1-2,5,13,16H2,3H3/b12-9+/t19-/m1/s1. The van der Waals surface area contributed by atoms with E-state index in [9.17, 15) is 0 Å². The van der Waals surface area contributed by atoms with Gasteiger partial charge in [0, 0.05) is 0 Å². The number of ether oxygens (including phenoxy) is 1. The summed E-state index contributed by atoms with van der Waals surface area (Å²) in [4.78, 5) is 0. The van der Waals surface area contributed by atoms with E-state index in [1.807, 2.05) is 37.3 Å². The first-order chi connectivity index (χ1) is 9.72. The fraction of sp³-hybridized carbons (Fsp3) is 0.263. The second-order valence-electron chi connectivity index (χ2n) is 4.55. The van der Waals surface area contributed by atoms with Crippen molar-refractivity contribution in [2.45, 2.75) is 25.9 Å². The van der Waals surface area contributed by atoms with Crippen molar-refractivity contribution in [3.05, 3.63) is 66.8 Å². The third-order valence-electron chi connectivity index (χ3n) is 2.58. The Kier molecular flexibility index (Phi) is 7.87. The molecule has 1 aromatic rings. The molecule has 0 saturated carbocycles. The van der Waals surface area contributed by atoms with Crippen LogP contribution >= 0.6 is 0 Å². The lowest BCUT2D eigenvalue weighted by Crippen LogP contribution is -2.10. The van der Waals surface area contributed by atoms with Crippen LogP contribution in [0.4, 0.5) is 0 Å². The quantitative estimate of drug-likeness (QED) is 0.516. The summed E-state index contributed by atoms with van der Waals surface area (Å²) < 4.78 is 5.77. The van der Waals surface area contributed by atoms with E-state index in [2.05, 4.69) is 43.2 Å². The van der Waals surface area contributed by atoms with Crippen LogP contribution in [-0.2, 0) is 4.74 Å². The van der Waals surface area contributed by atoms with Crippen LogP contribution in [0.25, 0.3) is 6.08 Å². The Morgan fingerprint density at radius 2 is 2.10 bits per heavy atom. The first-order valence-corrected chi connectivity index (χ1v) is 6.83. The first-order valence-electron chi connectivity index (χ1n) is 6.83. The molecule has 0 spiro atoms. The Labute approximate surface area is 122 Å². The minimum Gasteiger partial charge on any atom is -0.361 e. The second kappa shape index (κ2) is 9.83. The van der Waals surface area contributed by atoms with Gasteiger partial charge in [-0.3, -0.25) is 0 Å². The summed E-state index contributed by atoms with van der Waals surface area (Å²) in [5, 5.41) is 0. The van der Waals surface area contributed by atoms with Crippen LogP contribution in [-0.4, -0.2) is 12.7 Å². The Morgan fingerprint density at radius 3 is 2.75 bits per heavy atom. The third kappa shape index (κ3) is 7.41. The summed E-state index contributed by atoms with van der Waals surface area (Å²) in [6.45, 7) is 9.96. The highest BCUT2D eigenvalue weighted by molar-refractivity contribution is 5.48. The molecule has 1 rings (SSSR count). The van der Waals surface area contributed by atoms with Gasteiger partial charge in [0.25, 0.3) is 0 Å². The maximum Gasteiger partial charge on any atom is 0.119 e. The Hall–Kier alpha value is -2.04. The average Bonchev–Trinajstić information content (AvgIpc) is 2.46. The Bertz CT molecular complexity index is 500. The van der Waals surface area contributed by atoms with Crippen molar-refractivity contribution in [3.63, 3.8) is 0 Å². The molecular formula is C19H22O. The van der Waals surface area contributed by atoms with Crippen molar-refractivity contribution in [2.24, 2.45) is 0 Å². The fourth-order valence-corrected chi connectivity index (χ4v) is 1.59. The molecule has 0 fully saturated rings. The minimum atomic E-state index is -0.0647. The average molecular weight is 266 g/mol. The molecule has 20 heavy (non-hydrogen) atoms. The molecule has 0 heterocycles. The van der Waals surface area contributed by atoms with Gasteiger partial charge in [0.2, 0.25) is 0 Å². The molecule has 0 radical (unpaired) electrons. The van der Waals surface area contributed by atoms with Gasteiger partial charge in [-0.1, -0.05) is 67.0 Å². The molecular weight excluding hydrogens is 244 g/mol. The van der Waals surface area contributed by atoms with Gasteiger partial charge in [-0.05, 0) is 30.9 Å². The van der Waals surface area contributed by atoms with Gasteiger partial charge in [-0.2, -0.15) is 0 Å². The van der Waals surface area contributed by atoms with E-state index < -0.39 is 0 Å². The van der Waals surface area contributed by atoms with E-state index in [1.165, 1.54) is 5.56 Å². The van der Waals surface area contributed by atoms with Crippen LogP contribution in [0.3, 0.4) is 0 Å². The lowest BCUT2D eigenvalue weighted by molar-refractivity contribution is 0.111. The van der Waals surface area contributed by atoms with Crippen molar-refractivity contribution in [1.29, 1.82) is 0 Å². The molecule has 0 bridgehead atoms. The van der Waals surface area contributed by atoms with E-state index in [1.54, 1.807) is 0 Å². The highest BCUT2D eigenvalue weighted by Gasteiger charge is 2.02. The monoisotopic (exact) mass is 266 g/mol. The highest BCUT2D eigenvalue weighted by Crippen LogP contribution is 2.05. The normalized spacial score (nSPS) is 11.7. The third-order valence-corrected chi connectivity index (χ3v) is 2.58. The van der Waals surface area contributed by atoms with E-state index in [0.29, 0.717) is 6.61 Å². The molecule has 104 valence electrons. The van der Waals surface area contributed by atoms with E-state index in [0.717, 1.165) is 18.4 Å². The van der Waals surface area contributed by atoms with Crippen molar-refractivity contribution < 1.29 is 4.74 Å². The van der Waals surface area contributed by atoms with Gasteiger partial charge < -0.3 is 4.74 Å². The van der Waals surface area contributed by atoms with Crippen LogP contribution in [0.2, 0.25) is 0 Å². The predicted molar refractivity (Wildman–Crippen MR) is 87.2 cm³/mol. The lowest BCUT2D eigenvalue weighted by Gasteiger charge is -2.09. The highest BCUT2D eigenvalue weighted by atomic mass is 16.5. The molecule has 0 saturated heterocycles. The molecule has 1 atom stereocenters. The van der Waals surface area contributed by atoms with Crippen molar-refractivity contribution in [2.75, 3.05) is 6.61 Å². The van der Waals surface area contributed by atoms with Crippen molar-refractivity contribution >= 4 is 6.08 Å². The number of hydrogen-bond donors (Lipinski definition) is 0. The summed E-state index contributed by atoms with van der Waals surface area (Å²) in [6.07, 6.45) is 7.65. The van der Waals surface area contributed by atoms with Crippen LogP contribution in [0.5, 0.6) is 0 Å². The lowest BCUT2D eigenvalue weighted by atomic mass is 10.2. The number of hydrogen-bond acceptors (Lipinski definition) is 1. The maximum absolute atomic E-state index is 5.77. The molecule has 1 aromatic carbocycles. The van der Waals surface area contributed by atoms with Crippen molar-refractivity contribution in [1.82, 2.24) is 0 Å². The molecule has 0 N–H and O–H groups in total. The van der Waals surface area contributed by atoms with Gasteiger partial charge in [0.05, 0.1) is 6.61 Å². The zero-order valence-electron chi connectivity index (χ0n) is 12.1. The molecule has 1 nitrogen and oxygen atoms in total. The smallest absolute Gasteiger partial charge is 0.119 e. The van der Waals surface area contributed by atoms with Gasteiger partial charge in [-0.15, -0.1) is 6.58 Å². The van der Waals surface area contributed by atoms with E-state index >= 15 is 0 Å². The summed E-state index contributed by atoms with van der Waals surface area (Å²) in [5.74, 6) is 6.08. The maximum atomic E-state index is 5.77. The molecule has 1 heteroatoms. The number of allylic oxidation sites excluding steroid dienone is 2. The topological polar surface area (TPSA) is 9.23 Å². The second-order valence-corrected chi connectivity index (χ2v) is 4.55. The molecule has 0 aliphatic carbocycles. The molecule has 0 aliphatic heterocycles. The largest absolute Gasteiger partial charge is 0.361 e. The fourth-order valence-electron chi connectivity index (χ4n) is 1.59. The van der Waals surface area contributed by atoms with Crippen molar-refractivity contribution in [3.8, 4) is 11.8 Å². The van der Waals surface area contributed by atoms with Crippen LogP contribution < -0.4 is 0 Å². The predicted octanol–water partition coefficient (Wildman–Crippen LogP) is 4.63. The van der Waals surface area contributed by atoms with Gasteiger partial charge in [0.15, 0.2) is 0 Å². The van der Waals surface area contributed by atoms with Crippen LogP contribution in [0.1, 0.15) is 25.3 Å². The first kappa shape index (κ1) is 16.0. The van der Waals surface area contributed by atoms with Crippen LogP contribution in [0, 0.1) is 11.8 Å². The summed E-state index contributed by atoms with van der Waals surface area (Å²) in [6, 6.07) is 10.2. The molecule has 0 unspecified atom stereocenters. The molecule has 0 amide bonds. The number of rotatable bonds is 7. The van der Waals surface area contributed by atoms with Gasteiger partial charge >= 0.3 is 0 Å². The summed E-state index contributed by atoms with van der Waals surface area (Å²) >= 11 is 0. The SMILES string of the molecule is C=CCC[C@H](C#CC(=C)C)OC/C=C/c1ccccc1. The summed E-state index contributed by atoms with van der Waals surface area (Å²) in [5.41, 5.74) is 2.03. The minimum absolute atomic E-state index is 0.0647. The van der Waals surface area contributed by atoms with Crippen LogP contribution in [0.15, 0.2) is 61.2 Å². The number of benzene rings is 1. The molecule has 0 aliphatic rings. The summed E-state index contributed by atoms with van der Waals surface area (Å²) in [7, 11) is 0. The van der Waals surface area contributed by atoms with E-state index in [4.69, 9.17) is 4.74 Å². The Morgan fingerprint density at radius 1 is 1.35 bits per heavy atom. The van der Waals surface area contributed by atoms with E-state index in [-0.39, 0.29) is 6.10 Å². The van der Waals surface area contributed by atoms with Gasteiger partial charge in [-0.25, -0.2) is 0 Å². The van der Waals surface area contributed by atoms with Gasteiger partial charge in [0.1, 0.15) is 6.10 Å².